The number of ether oxygens (including phenoxy) is 1. The van der Waals surface area contributed by atoms with Crippen molar-refractivity contribution >= 4 is 68.0 Å². The predicted octanol–water partition coefficient (Wildman–Crippen LogP) is 15.2. The molecule has 0 amide bonds. The lowest BCUT2D eigenvalue weighted by molar-refractivity contribution is -0.163. The van der Waals surface area contributed by atoms with Crippen LogP contribution in [0.15, 0.2) is 241 Å². The third-order valence-corrected chi connectivity index (χ3v) is 36.7. The van der Waals surface area contributed by atoms with Crippen LogP contribution in [0.2, 0.25) is 15.1 Å². The number of aliphatic hydroxyl groups is 1. The van der Waals surface area contributed by atoms with Gasteiger partial charge in [0, 0.05) is 24.2 Å². The zero-order valence-electron chi connectivity index (χ0n) is 57.2. The molecule has 6 aromatic rings. The molecule has 10 rings (SSSR count). The molecule has 0 bridgehead atoms. The second kappa shape index (κ2) is 26.6. The number of carboxylic acid groups (broad SMARTS) is 1. The second-order valence-corrected chi connectivity index (χ2v) is 43.3. The van der Waals surface area contributed by atoms with E-state index in [1.807, 2.05) is 6.92 Å². The molecule has 0 aromatic heterocycles. The molecule has 6 aromatic carbocycles. The van der Waals surface area contributed by atoms with E-state index in [0.29, 0.717) is 19.4 Å². The van der Waals surface area contributed by atoms with Gasteiger partial charge in [0.2, 0.25) is 0 Å². The highest BCUT2D eigenvalue weighted by Gasteiger charge is 2.62. The normalized spacial score (nSPS) is 26.2. The van der Waals surface area contributed by atoms with Crippen molar-refractivity contribution in [3.63, 3.8) is 0 Å². The number of allylic oxidation sites excluding steroid dienone is 2. The van der Waals surface area contributed by atoms with Gasteiger partial charge in [0.15, 0.2) is 5.60 Å². The first-order valence-corrected chi connectivity index (χ1v) is 39.2. The minimum absolute atomic E-state index is 0.0831. The van der Waals surface area contributed by atoms with Crippen LogP contribution in [0.1, 0.15) is 123 Å². The molecule has 8 nitrogen and oxygen atoms in total. The molecule has 1 aliphatic heterocycles. The van der Waals surface area contributed by atoms with Crippen LogP contribution in [-0.4, -0.2) is 71.5 Å². The van der Waals surface area contributed by atoms with Crippen molar-refractivity contribution in [1.82, 2.24) is 0 Å². The number of carboxylic acids is 1. The van der Waals surface area contributed by atoms with Crippen molar-refractivity contribution in [2.75, 3.05) is 6.61 Å². The van der Waals surface area contributed by atoms with Crippen molar-refractivity contribution in [3.05, 3.63) is 241 Å². The Morgan fingerprint density at radius 2 is 1.05 bits per heavy atom. The number of esters is 1. The predicted molar refractivity (Wildman–Crippen MR) is 384 cm³/mol. The maximum absolute atomic E-state index is 14.7. The molecule has 0 saturated heterocycles. The lowest BCUT2D eigenvalue weighted by Gasteiger charge is -2.57. The Labute approximate surface area is 553 Å². The SMILES string of the molecule is C/C(=C\[C@H]1C=C(CO[Si](c2ccccc2)(c2ccccc2)C(C)(C)C)[C@H](C)C[C@]12OC(=O)C=C2O)[C@H](C/C=C(\C)[C@@H]1C=C[C@@H]2[C@@H](O[Si](c3ccccc3)(c3ccccc3)C(C)(C)C)[C@@H](C)C[C@H](C)[C@H]2[C@]1(C)C(=O)O)O[Si](c1ccccc1)(c1ccccc1)C(C)(C)C. The highest BCUT2D eigenvalue weighted by Crippen LogP contribution is 2.58. The van der Waals surface area contributed by atoms with Gasteiger partial charge in [0.05, 0.1) is 30.3 Å². The Kier molecular flexibility index (Phi) is 19.7. The minimum Gasteiger partial charge on any atom is -0.508 e. The van der Waals surface area contributed by atoms with Crippen LogP contribution in [0.25, 0.3) is 0 Å². The van der Waals surface area contributed by atoms with Crippen LogP contribution in [0, 0.1) is 46.8 Å². The summed E-state index contributed by atoms with van der Waals surface area (Å²) in [7, 11) is -9.35. The molecule has 3 aliphatic carbocycles. The summed E-state index contributed by atoms with van der Waals surface area (Å²) in [5, 5.41) is 30.3. The van der Waals surface area contributed by atoms with Crippen molar-refractivity contribution in [3.8, 4) is 0 Å². The van der Waals surface area contributed by atoms with Gasteiger partial charge in [-0.05, 0) is 115 Å². The second-order valence-electron chi connectivity index (χ2n) is 30.5. The van der Waals surface area contributed by atoms with Gasteiger partial charge in [-0.15, -0.1) is 0 Å². The van der Waals surface area contributed by atoms with E-state index in [1.165, 1.54) is 26.8 Å². The molecule has 4 aliphatic rings. The fourth-order valence-corrected chi connectivity index (χ4v) is 31.3. The average Bonchev–Trinajstić information content (AvgIpc) is 0.812. The summed E-state index contributed by atoms with van der Waals surface area (Å²) in [6, 6.07) is 64.2. The summed E-state index contributed by atoms with van der Waals surface area (Å²) < 4.78 is 30.3. The van der Waals surface area contributed by atoms with Gasteiger partial charge in [-0.3, -0.25) is 4.79 Å². The Morgan fingerprint density at radius 3 is 1.46 bits per heavy atom. The lowest BCUT2D eigenvalue weighted by Crippen LogP contribution is -2.69. The van der Waals surface area contributed by atoms with Crippen molar-refractivity contribution in [2.45, 2.75) is 156 Å². The number of benzene rings is 6. The van der Waals surface area contributed by atoms with Crippen molar-refractivity contribution < 1.29 is 37.8 Å². The Bertz CT molecular complexity index is 3580. The van der Waals surface area contributed by atoms with Gasteiger partial charge in [0.1, 0.15) is 5.76 Å². The average molecular weight is 1290 g/mol. The number of carbonyl (C=O) groups is 2. The summed E-state index contributed by atoms with van der Waals surface area (Å²) in [6.45, 7) is 33.9. The molecule has 1 saturated carbocycles. The van der Waals surface area contributed by atoms with E-state index in [1.54, 1.807) is 0 Å². The molecule has 1 fully saturated rings. The van der Waals surface area contributed by atoms with Crippen LogP contribution in [0.4, 0.5) is 0 Å². The van der Waals surface area contributed by atoms with Gasteiger partial charge >= 0.3 is 11.9 Å². The van der Waals surface area contributed by atoms with Crippen molar-refractivity contribution in [2.24, 2.45) is 46.8 Å². The van der Waals surface area contributed by atoms with Crippen LogP contribution in [0.3, 0.4) is 0 Å². The van der Waals surface area contributed by atoms with E-state index in [9.17, 15) is 19.8 Å². The molecule has 11 atom stereocenters. The molecule has 0 radical (unpaired) electrons. The minimum atomic E-state index is -3.30. The number of hydrogen-bond donors (Lipinski definition) is 2. The first kappa shape index (κ1) is 68.2. The van der Waals surface area contributed by atoms with Crippen molar-refractivity contribution in [1.29, 1.82) is 0 Å². The summed E-state index contributed by atoms with van der Waals surface area (Å²) >= 11 is 0. The summed E-state index contributed by atoms with van der Waals surface area (Å²) in [6.07, 6.45) is 13.2. The molecule has 92 heavy (non-hydrogen) atoms. The fraction of sp³-hybridized carbons (Fsp3) is 0.407. The highest BCUT2D eigenvalue weighted by atomic mass is 28.4. The van der Waals surface area contributed by atoms with Crippen LogP contribution >= 0.6 is 0 Å². The monoisotopic (exact) mass is 1280 g/mol. The largest absolute Gasteiger partial charge is 0.508 e. The summed E-state index contributed by atoms with van der Waals surface area (Å²) in [4.78, 5) is 28.2. The zero-order chi connectivity index (χ0) is 66.2. The van der Waals surface area contributed by atoms with E-state index in [0.717, 1.165) is 33.5 Å². The Morgan fingerprint density at radius 1 is 0.630 bits per heavy atom. The molecule has 484 valence electrons. The van der Waals surface area contributed by atoms with Gasteiger partial charge in [-0.1, -0.05) is 301 Å². The molecule has 2 N–H and O–H groups in total. The number of carbonyl (C=O) groups excluding carboxylic acids is 1. The Hall–Kier alpha value is -6.71. The molecular weight excluding hydrogens is 1190 g/mol. The quantitative estimate of drug-likeness (QED) is 0.0469. The first-order chi connectivity index (χ1) is 43.6. The van der Waals surface area contributed by atoms with Crippen LogP contribution < -0.4 is 31.1 Å². The molecule has 1 spiro atoms. The van der Waals surface area contributed by atoms with E-state index in [-0.39, 0.29) is 51.5 Å². The van der Waals surface area contributed by atoms with E-state index in [2.05, 4.69) is 309 Å². The fourth-order valence-electron chi connectivity index (χ4n) is 17.2. The summed E-state index contributed by atoms with van der Waals surface area (Å²) in [5.41, 5.74) is 0.352. The lowest BCUT2D eigenvalue weighted by atomic mass is 9.50. The van der Waals surface area contributed by atoms with Gasteiger partial charge in [-0.2, -0.15) is 0 Å². The molecular formula is C81H100O8Si3. The standard InChI is InChI=1S/C81H100O8Si3/c1-56(70-48-47-69-74(80(70,15)76(84)85)58(3)50-59(4)75(69)89-92(79(12,13)14,67-42-30-20-31-43-67)68-44-32-21-33-45-68)46-49-71(88-91(78(9,10)11,65-38-26-18-27-39-65)66-40-28-19-29-41-66)57(2)51-62-52-61(60(5)54-81(62)72(82)53-73(83)87-81)55-86-90(77(6,7)8,63-34-22-16-23-35-63)64-36-24-17-25-37-64/h16-48,51-53,58-60,62,69-71,74-75,82H,49-50,54-55H2,1-15H3,(H,84,85)/b56-46+,57-51+/t58-,59-,60+,62-,69-,70-,71-,74+,75-,80+,81-/m0/s1. The number of aliphatic hydroxyl groups excluding tert-OH is 1. The van der Waals surface area contributed by atoms with Crippen LogP contribution in [0.5, 0.6) is 0 Å². The molecule has 11 heteroatoms. The number of rotatable bonds is 19. The highest BCUT2D eigenvalue weighted by molar-refractivity contribution is 7.00. The Balaban J connectivity index is 1.10. The first-order valence-electron chi connectivity index (χ1n) is 33.5. The van der Waals surface area contributed by atoms with Gasteiger partial charge < -0.3 is 28.2 Å². The smallest absolute Gasteiger partial charge is 0.335 e. The third kappa shape index (κ3) is 12.3. The van der Waals surface area contributed by atoms with Gasteiger partial charge in [0.25, 0.3) is 25.0 Å². The maximum atomic E-state index is 14.7. The topological polar surface area (TPSA) is 112 Å². The molecule has 0 unspecified atom stereocenters. The summed E-state index contributed by atoms with van der Waals surface area (Å²) in [5.74, 6) is -2.83. The number of fused-ring (bicyclic) bond motifs is 1. The number of aliphatic carboxylic acids is 1. The maximum Gasteiger partial charge on any atom is 0.335 e. The van der Waals surface area contributed by atoms with E-state index < -0.39 is 70.9 Å². The third-order valence-electron chi connectivity index (χ3n) is 21.6. The zero-order valence-corrected chi connectivity index (χ0v) is 60.2. The van der Waals surface area contributed by atoms with Gasteiger partial charge in [-0.25, -0.2) is 4.79 Å². The van der Waals surface area contributed by atoms with Crippen LogP contribution in [-0.2, 0) is 27.6 Å². The molecule has 1 heterocycles. The van der Waals surface area contributed by atoms with E-state index in [4.69, 9.17) is 18.0 Å². The number of hydrogen-bond acceptors (Lipinski definition) is 7. The van der Waals surface area contributed by atoms with E-state index >= 15 is 0 Å².